The Kier molecular flexibility index (Phi) is 7.17. The number of benzene rings is 9. The van der Waals surface area contributed by atoms with Gasteiger partial charge in [-0.15, -0.1) is 0 Å². The normalized spacial score (nSPS) is 11.6. The smallest absolute Gasteiger partial charge is 0.160 e. The van der Waals surface area contributed by atoms with E-state index in [0.717, 1.165) is 55.6 Å². The summed E-state index contributed by atoms with van der Waals surface area (Å²) in [6, 6.07) is 68.7. The minimum Gasteiger partial charge on any atom is -0.456 e. The lowest BCUT2D eigenvalue weighted by Crippen LogP contribution is -1.96. The van der Waals surface area contributed by atoms with E-state index in [0.29, 0.717) is 5.82 Å². The summed E-state index contributed by atoms with van der Waals surface area (Å²) in [5, 5.41) is 9.67. The highest BCUT2D eigenvalue weighted by Gasteiger charge is 2.16. The van der Waals surface area contributed by atoms with Crippen LogP contribution in [0.5, 0.6) is 0 Å². The predicted octanol–water partition coefficient (Wildman–Crippen LogP) is 14.2. The molecule has 11 aromatic rings. The average Bonchev–Trinajstić information content (AvgIpc) is 3.64. The van der Waals surface area contributed by atoms with Crippen LogP contribution in [0.25, 0.3) is 110 Å². The first kappa shape index (κ1) is 31.2. The molecule has 0 unspecified atom stereocenters. The summed E-state index contributed by atoms with van der Waals surface area (Å²) in [5.74, 6) is 0.671. The number of hydrogen-bond acceptors (Lipinski definition) is 3. The fraction of sp³-hybridized carbons (Fsp3) is 0. The van der Waals surface area contributed by atoms with Gasteiger partial charge < -0.3 is 4.42 Å². The van der Waals surface area contributed by atoms with Gasteiger partial charge in [0.05, 0.1) is 11.4 Å². The molecule has 0 saturated heterocycles. The third kappa shape index (κ3) is 5.36. The van der Waals surface area contributed by atoms with Crippen molar-refractivity contribution in [1.29, 1.82) is 0 Å². The van der Waals surface area contributed by atoms with E-state index in [1.807, 2.05) is 24.3 Å². The molecule has 0 spiro atoms. The lowest BCUT2D eigenvalue weighted by Gasteiger charge is -2.15. The molecule has 0 aliphatic heterocycles. The first-order chi connectivity index (χ1) is 27.2. The van der Waals surface area contributed by atoms with Crippen molar-refractivity contribution in [2.24, 2.45) is 0 Å². The fourth-order valence-corrected chi connectivity index (χ4v) is 8.14. The van der Waals surface area contributed by atoms with Crippen LogP contribution in [0.4, 0.5) is 0 Å². The van der Waals surface area contributed by atoms with Crippen molar-refractivity contribution in [3.05, 3.63) is 194 Å². The van der Waals surface area contributed by atoms with Gasteiger partial charge in [-0.05, 0) is 84.9 Å². The minimum absolute atomic E-state index is 0.671. The molecule has 2 heterocycles. The van der Waals surface area contributed by atoms with Gasteiger partial charge in [0.25, 0.3) is 0 Å². The molecule has 0 atom stereocenters. The van der Waals surface area contributed by atoms with Gasteiger partial charge >= 0.3 is 0 Å². The number of hydrogen-bond donors (Lipinski definition) is 0. The van der Waals surface area contributed by atoms with E-state index in [1.54, 1.807) is 0 Å². The van der Waals surface area contributed by atoms with Crippen molar-refractivity contribution >= 4 is 54.3 Å². The van der Waals surface area contributed by atoms with Gasteiger partial charge in [-0.1, -0.05) is 164 Å². The maximum absolute atomic E-state index is 6.30. The van der Waals surface area contributed by atoms with Crippen LogP contribution in [0.1, 0.15) is 0 Å². The van der Waals surface area contributed by atoms with Crippen molar-refractivity contribution in [3.8, 4) is 56.2 Å². The van der Waals surface area contributed by atoms with Crippen LogP contribution in [0.2, 0.25) is 0 Å². The Balaban J connectivity index is 1.05. The van der Waals surface area contributed by atoms with E-state index in [9.17, 15) is 0 Å². The summed E-state index contributed by atoms with van der Waals surface area (Å²) >= 11 is 0. The van der Waals surface area contributed by atoms with Gasteiger partial charge in [0.2, 0.25) is 0 Å². The Morgan fingerprint density at radius 2 is 0.855 bits per heavy atom. The highest BCUT2D eigenvalue weighted by molar-refractivity contribution is 6.20. The summed E-state index contributed by atoms with van der Waals surface area (Å²) in [6.45, 7) is 0. The second-order valence-electron chi connectivity index (χ2n) is 14.1. The first-order valence-electron chi connectivity index (χ1n) is 18.6. The first-order valence-corrected chi connectivity index (χ1v) is 18.6. The zero-order valence-electron chi connectivity index (χ0n) is 29.8. The molecule has 3 heteroatoms. The molecule has 0 aliphatic carbocycles. The van der Waals surface area contributed by atoms with Crippen LogP contribution in [0.15, 0.2) is 199 Å². The molecule has 256 valence electrons. The van der Waals surface area contributed by atoms with Crippen LogP contribution >= 0.6 is 0 Å². The molecule has 0 aliphatic rings. The highest BCUT2D eigenvalue weighted by atomic mass is 16.3. The minimum atomic E-state index is 0.671. The Morgan fingerprint density at radius 3 is 1.67 bits per heavy atom. The van der Waals surface area contributed by atoms with Crippen molar-refractivity contribution in [2.75, 3.05) is 0 Å². The summed E-state index contributed by atoms with van der Waals surface area (Å²) in [4.78, 5) is 10.4. The predicted molar refractivity (Wildman–Crippen MR) is 229 cm³/mol. The second-order valence-corrected chi connectivity index (χ2v) is 14.1. The third-order valence-electron chi connectivity index (χ3n) is 10.9. The SMILES string of the molecule is c1ccc(-c2ccc(-c3cc(-c4ccc5c(c4)oc4ccccc45)nc(-c4ccc(-c5c6ccccc6cc6c5ccc5ccccc56)cc4)n3)cc2)cc1. The van der Waals surface area contributed by atoms with Gasteiger partial charge in [0.1, 0.15) is 11.2 Å². The fourth-order valence-electron chi connectivity index (χ4n) is 8.14. The largest absolute Gasteiger partial charge is 0.456 e. The Labute approximate surface area is 317 Å². The molecule has 11 rings (SSSR count). The molecule has 0 amide bonds. The molecule has 3 nitrogen and oxygen atoms in total. The average molecular weight is 701 g/mol. The Hall–Kier alpha value is -7.36. The maximum atomic E-state index is 6.30. The summed E-state index contributed by atoms with van der Waals surface area (Å²) in [5.41, 5.74) is 11.1. The zero-order chi connectivity index (χ0) is 36.3. The molecule has 0 bridgehead atoms. The molecule has 9 aromatic carbocycles. The lowest BCUT2D eigenvalue weighted by molar-refractivity contribution is 0.669. The van der Waals surface area contributed by atoms with Gasteiger partial charge in [-0.25, -0.2) is 9.97 Å². The van der Waals surface area contributed by atoms with Crippen molar-refractivity contribution in [1.82, 2.24) is 9.97 Å². The summed E-state index contributed by atoms with van der Waals surface area (Å²) < 4.78 is 6.30. The van der Waals surface area contributed by atoms with E-state index in [2.05, 4.69) is 170 Å². The summed E-state index contributed by atoms with van der Waals surface area (Å²) in [6.07, 6.45) is 0. The monoisotopic (exact) mass is 700 g/mol. The van der Waals surface area contributed by atoms with E-state index < -0.39 is 0 Å². The van der Waals surface area contributed by atoms with Gasteiger partial charge in [-0.3, -0.25) is 0 Å². The highest BCUT2D eigenvalue weighted by Crippen LogP contribution is 2.40. The van der Waals surface area contributed by atoms with Gasteiger partial charge in [0, 0.05) is 27.5 Å². The zero-order valence-corrected chi connectivity index (χ0v) is 29.8. The standard InChI is InChI=1S/C52H32N2O/c1-2-10-33(11-3-1)34-18-20-36(21-19-34)47-32-48(40-27-28-44-43-16-8-9-17-49(43)55-50(44)31-40)54-52(53-47)38-24-22-37(23-25-38)51-42-15-7-5-13-39(42)30-46-41-14-6-4-12-35(41)26-29-45(46)51/h1-32H. The number of fused-ring (bicyclic) bond motifs is 7. The molecule has 0 fully saturated rings. The van der Waals surface area contributed by atoms with E-state index in [-0.39, 0.29) is 0 Å². The summed E-state index contributed by atoms with van der Waals surface area (Å²) in [7, 11) is 0. The number of nitrogens with zero attached hydrogens (tertiary/aromatic N) is 2. The van der Waals surface area contributed by atoms with Crippen molar-refractivity contribution in [3.63, 3.8) is 0 Å². The topological polar surface area (TPSA) is 38.9 Å². The Morgan fingerprint density at radius 1 is 0.291 bits per heavy atom. The number of rotatable bonds is 5. The van der Waals surface area contributed by atoms with E-state index in [1.165, 1.54) is 49.0 Å². The van der Waals surface area contributed by atoms with Crippen molar-refractivity contribution in [2.45, 2.75) is 0 Å². The Bertz CT molecular complexity index is 3230. The molecule has 0 saturated carbocycles. The van der Waals surface area contributed by atoms with Gasteiger partial charge in [0.15, 0.2) is 5.82 Å². The van der Waals surface area contributed by atoms with Crippen LogP contribution < -0.4 is 0 Å². The molecule has 55 heavy (non-hydrogen) atoms. The van der Waals surface area contributed by atoms with Crippen molar-refractivity contribution < 1.29 is 4.42 Å². The number of furan rings is 1. The number of aromatic nitrogens is 2. The lowest BCUT2D eigenvalue weighted by atomic mass is 9.89. The second kappa shape index (κ2) is 12.6. The molecule has 0 N–H and O–H groups in total. The molecular weight excluding hydrogens is 669 g/mol. The van der Waals surface area contributed by atoms with Crippen LogP contribution in [-0.4, -0.2) is 9.97 Å². The van der Waals surface area contributed by atoms with Gasteiger partial charge in [-0.2, -0.15) is 0 Å². The molecular formula is C52H32N2O. The number of para-hydroxylation sites is 1. The molecule has 2 aromatic heterocycles. The van der Waals surface area contributed by atoms with Crippen LogP contribution in [0.3, 0.4) is 0 Å². The third-order valence-corrected chi connectivity index (χ3v) is 10.9. The van der Waals surface area contributed by atoms with E-state index >= 15 is 0 Å². The van der Waals surface area contributed by atoms with Crippen LogP contribution in [0, 0.1) is 0 Å². The van der Waals surface area contributed by atoms with Crippen LogP contribution in [-0.2, 0) is 0 Å². The quantitative estimate of drug-likeness (QED) is 0.133. The van der Waals surface area contributed by atoms with E-state index in [4.69, 9.17) is 14.4 Å². The maximum Gasteiger partial charge on any atom is 0.160 e. The molecule has 0 radical (unpaired) electrons.